The SMILES string of the molecule is NC(=S)N(N)CC(=O)O. The fourth-order valence-electron chi connectivity index (χ4n) is 0.224. The van der Waals surface area contributed by atoms with E-state index < -0.39 is 5.97 Å². The molecule has 0 aliphatic carbocycles. The normalized spacial score (nSPS) is 8.56. The molecule has 0 bridgehead atoms. The maximum Gasteiger partial charge on any atom is 0.324 e. The first-order valence-electron chi connectivity index (χ1n) is 2.07. The number of hydrogen-bond donors (Lipinski definition) is 3. The Labute approximate surface area is 57.2 Å². The van der Waals surface area contributed by atoms with Gasteiger partial charge in [-0.2, -0.15) is 0 Å². The molecule has 0 atom stereocenters. The first-order chi connectivity index (χ1) is 4.04. The predicted molar refractivity (Wildman–Crippen MR) is 35.3 cm³/mol. The number of nitrogens with two attached hydrogens (primary N) is 2. The zero-order valence-corrected chi connectivity index (χ0v) is 5.39. The quantitative estimate of drug-likeness (QED) is 0.251. The van der Waals surface area contributed by atoms with Gasteiger partial charge in [0.05, 0.1) is 0 Å². The third-order valence-electron chi connectivity index (χ3n) is 0.589. The Morgan fingerprint density at radius 3 is 2.33 bits per heavy atom. The van der Waals surface area contributed by atoms with Crippen molar-refractivity contribution in [3.05, 3.63) is 0 Å². The summed E-state index contributed by atoms with van der Waals surface area (Å²) in [6, 6.07) is 0. The van der Waals surface area contributed by atoms with E-state index in [0.29, 0.717) is 0 Å². The van der Waals surface area contributed by atoms with Crippen molar-refractivity contribution >= 4 is 23.3 Å². The van der Waals surface area contributed by atoms with Gasteiger partial charge in [0.15, 0.2) is 5.11 Å². The summed E-state index contributed by atoms with van der Waals surface area (Å²) in [5, 5.41) is 8.74. The summed E-state index contributed by atoms with van der Waals surface area (Å²) in [6.07, 6.45) is 0. The topological polar surface area (TPSA) is 92.6 Å². The van der Waals surface area contributed by atoms with Gasteiger partial charge in [0.1, 0.15) is 6.54 Å². The molecule has 9 heavy (non-hydrogen) atoms. The fraction of sp³-hybridized carbons (Fsp3) is 0.333. The first-order valence-corrected chi connectivity index (χ1v) is 2.48. The molecule has 0 saturated heterocycles. The lowest BCUT2D eigenvalue weighted by atomic mass is 10.6. The van der Waals surface area contributed by atoms with Crippen LogP contribution in [0.15, 0.2) is 0 Å². The average Bonchev–Trinajstić information content (AvgIpc) is 1.63. The maximum atomic E-state index is 9.88. The molecule has 0 aliphatic heterocycles. The number of hydrazine groups is 1. The molecule has 0 radical (unpaired) electrons. The van der Waals surface area contributed by atoms with Crippen LogP contribution in [0.1, 0.15) is 0 Å². The monoisotopic (exact) mass is 149 g/mol. The molecule has 0 amide bonds. The van der Waals surface area contributed by atoms with Crippen LogP contribution in [0, 0.1) is 0 Å². The molecule has 0 aromatic carbocycles. The van der Waals surface area contributed by atoms with E-state index in [0.717, 1.165) is 5.01 Å². The van der Waals surface area contributed by atoms with E-state index in [1.54, 1.807) is 0 Å². The van der Waals surface area contributed by atoms with Gasteiger partial charge in [0, 0.05) is 0 Å². The number of aliphatic carboxylic acids is 1. The van der Waals surface area contributed by atoms with Gasteiger partial charge in [-0.25, -0.2) is 5.84 Å². The Kier molecular flexibility index (Phi) is 2.89. The van der Waals surface area contributed by atoms with E-state index >= 15 is 0 Å². The van der Waals surface area contributed by atoms with Crippen molar-refractivity contribution < 1.29 is 9.90 Å². The highest BCUT2D eigenvalue weighted by atomic mass is 32.1. The highest BCUT2D eigenvalue weighted by Gasteiger charge is 2.03. The third-order valence-corrected chi connectivity index (χ3v) is 0.823. The zero-order valence-electron chi connectivity index (χ0n) is 4.57. The van der Waals surface area contributed by atoms with Crippen molar-refractivity contribution in [1.82, 2.24) is 5.01 Å². The van der Waals surface area contributed by atoms with Crippen LogP contribution in [0.4, 0.5) is 0 Å². The second-order valence-corrected chi connectivity index (χ2v) is 1.78. The smallest absolute Gasteiger partial charge is 0.324 e. The van der Waals surface area contributed by atoms with Crippen molar-refractivity contribution in [2.75, 3.05) is 6.54 Å². The molecule has 52 valence electrons. The fourth-order valence-corrected chi connectivity index (χ4v) is 0.288. The highest BCUT2D eigenvalue weighted by Crippen LogP contribution is 1.75. The van der Waals surface area contributed by atoms with Gasteiger partial charge in [0.25, 0.3) is 0 Å². The molecule has 5 N–H and O–H groups in total. The van der Waals surface area contributed by atoms with E-state index in [1.807, 2.05) is 0 Å². The van der Waals surface area contributed by atoms with Crippen LogP contribution in [-0.4, -0.2) is 27.7 Å². The summed E-state index contributed by atoms with van der Waals surface area (Å²) in [4.78, 5) is 9.88. The van der Waals surface area contributed by atoms with E-state index in [-0.39, 0.29) is 11.7 Å². The minimum atomic E-state index is -1.06. The molecule has 0 unspecified atom stereocenters. The molecule has 0 saturated carbocycles. The molecule has 0 aliphatic rings. The lowest BCUT2D eigenvalue weighted by Gasteiger charge is -2.11. The van der Waals surface area contributed by atoms with E-state index in [2.05, 4.69) is 12.2 Å². The van der Waals surface area contributed by atoms with E-state index in [1.165, 1.54) is 0 Å². The van der Waals surface area contributed by atoms with Crippen molar-refractivity contribution in [3.63, 3.8) is 0 Å². The van der Waals surface area contributed by atoms with Crippen LogP contribution in [0.3, 0.4) is 0 Å². The van der Waals surface area contributed by atoms with Crippen molar-refractivity contribution in [1.29, 1.82) is 0 Å². The minimum Gasteiger partial charge on any atom is -0.480 e. The van der Waals surface area contributed by atoms with Crippen LogP contribution in [0.2, 0.25) is 0 Å². The van der Waals surface area contributed by atoms with Gasteiger partial charge in [0.2, 0.25) is 0 Å². The third kappa shape index (κ3) is 3.68. The van der Waals surface area contributed by atoms with E-state index in [4.69, 9.17) is 16.7 Å². The van der Waals surface area contributed by atoms with Gasteiger partial charge in [-0.3, -0.25) is 9.80 Å². The summed E-state index contributed by atoms with van der Waals surface area (Å²) in [5.74, 6) is 3.94. The van der Waals surface area contributed by atoms with Gasteiger partial charge in [-0.15, -0.1) is 0 Å². The Bertz CT molecular complexity index is 137. The van der Waals surface area contributed by atoms with E-state index in [9.17, 15) is 4.79 Å². The number of carboxylic acid groups (broad SMARTS) is 1. The number of nitrogens with zero attached hydrogens (tertiary/aromatic N) is 1. The summed E-state index contributed by atoms with van der Waals surface area (Å²) in [6.45, 7) is -0.366. The first kappa shape index (κ1) is 8.12. The summed E-state index contributed by atoms with van der Waals surface area (Å²) >= 11 is 4.35. The number of thiocarbonyl (C=S) groups is 1. The Balaban J connectivity index is 3.63. The highest BCUT2D eigenvalue weighted by molar-refractivity contribution is 7.80. The number of hydrogen-bond acceptors (Lipinski definition) is 3. The molecule has 0 aromatic rings. The second kappa shape index (κ2) is 3.21. The van der Waals surface area contributed by atoms with Gasteiger partial charge < -0.3 is 10.8 Å². The largest absolute Gasteiger partial charge is 0.480 e. The van der Waals surface area contributed by atoms with Crippen LogP contribution >= 0.6 is 12.2 Å². The summed E-state index contributed by atoms with van der Waals surface area (Å²) in [7, 11) is 0. The Hall–Kier alpha value is -0.880. The molecule has 0 rings (SSSR count). The molecule has 6 heteroatoms. The van der Waals surface area contributed by atoms with Gasteiger partial charge in [-0.05, 0) is 12.2 Å². The van der Waals surface area contributed by atoms with Crippen LogP contribution in [0.5, 0.6) is 0 Å². The van der Waals surface area contributed by atoms with Crippen molar-refractivity contribution in [2.24, 2.45) is 11.6 Å². The number of rotatable bonds is 2. The van der Waals surface area contributed by atoms with Crippen molar-refractivity contribution in [3.8, 4) is 0 Å². The van der Waals surface area contributed by atoms with Crippen LogP contribution in [0.25, 0.3) is 0 Å². The molecule has 0 spiro atoms. The number of carboxylic acids is 1. The van der Waals surface area contributed by atoms with Gasteiger partial charge in [-0.1, -0.05) is 0 Å². The molecule has 0 fully saturated rings. The molecular formula is C3H7N3O2S. The lowest BCUT2D eigenvalue weighted by Crippen LogP contribution is -2.44. The predicted octanol–water partition coefficient (Wildman–Crippen LogP) is -1.51. The zero-order chi connectivity index (χ0) is 7.44. The van der Waals surface area contributed by atoms with Crippen LogP contribution in [-0.2, 0) is 4.79 Å². The summed E-state index contributed by atoms with van der Waals surface area (Å²) in [5.41, 5.74) is 4.95. The second-order valence-electron chi connectivity index (χ2n) is 1.36. The lowest BCUT2D eigenvalue weighted by molar-refractivity contribution is -0.137. The van der Waals surface area contributed by atoms with Crippen molar-refractivity contribution in [2.45, 2.75) is 0 Å². The molecule has 0 heterocycles. The van der Waals surface area contributed by atoms with Crippen LogP contribution < -0.4 is 11.6 Å². The molecule has 0 aromatic heterocycles. The molecule has 5 nitrogen and oxygen atoms in total. The molecular weight excluding hydrogens is 142 g/mol. The standard InChI is InChI=1S/C3H7N3O2S/c4-3(9)6(5)1-2(7)8/h1,5H2,(H2,4,9)(H,7,8). The average molecular weight is 149 g/mol. The maximum absolute atomic E-state index is 9.88. The van der Waals surface area contributed by atoms with Gasteiger partial charge >= 0.3 is 5.97 Å². The number of carbonyl (C=O) groups is 1. The Morgan fingerprint density at radius 1 is 1.78 bits per heavy atom. The summed E-state index contributed by atoms with van der Waals surface area (Å²) < 4.78 is 0. The minimum absolute atomic E-state index is 0.127. The Morgan fingerprint density at radius 2 is 2.22 bits per heavy atom.